The summed E-state index contributed by atoms with van der Waals surface area (Å²) < 4.78 is 0. The van der Waals surface area contributed by atoms with Crippen LogP contribution in [0, 0.1) is 0 Å². The topological polar surface area (TPSA) is 53.6 Å². The summed E-state index contributed by atoms with van der Waals surface area (Å²) in [6.07, 6.45) is 1.10. The van der Waals surface area contributed by atoms with Crippen molar-refractivity contribution in [1.29, 1.82) is 0 Å². The van der Waals surface area contributed by atoms with Crippen molar-refractivity contribution in [3.8, 4) is 0 Å². The van der Waals surface area contributed by atoms with Crippen LogP contribution >= 0.6 is 0 Å². The van der Waals surface area contributed by atoms with Crippen LogP contribution in [0.4, 0.5) is 5.69 Å². The normalized spacial score (nSPS) is 16.4. The van der Waals surface area contributed by atoms with E-state index in [0.29, 0.717) is 5.96 Å². The molecule has 0 aromatic heterocycles. The third-order valence-electron chi connectivity index (χ3n) is 3.14. The Morgan fingerprint density at radius 1 is 1.17 bits per heavy atom. The molecule has 1 aliphatic heterocycles. The fourth-order valence-corrected chi connectivity index (χ4v) is 2.22. The minimum Gasteiger partial charge on any atom is -0.368 e. The van der Waals surface area contributed by atoms with Gasteiger partial charge in [0.15, 0.2) is 0 Å². The third kappa shape index (κ3) is 2.02. The van der Waals surface area contributed by atoms with Gasteiger partial charge in [0.2, 0.25) is 5.96 Å². The average molecular weight is 240 g/mol. The number of aliphatic imine (C=N–C) groups is 1. The molecule has 2 aromatic rings. The number of guanidine groups is 1. The standard InChI is InChI=1S/C14H16N4/c15-14(18-10-4-9-16-18)17-13-8-3-6-11-5-1-2-7-12(11)13/h1-3,5-8,16H,4,9-10H2,(H2,15,17). The second-order valence-electron chi connectivity index (χ2n) is 4.38. The molecule has 0 amide bonds. The molecule has 2 aromatic carbocycles. The first-order valence-corrected chi connectivity index (χ1v) is 6.17. The number of nitrogens with zero attached hydrogens (tertiary/aromatic N) is 2. The SMILES string of the molecule is NC(=Nc1cccc2ccccc12)N1CCCN1. The van der Waals surface area contributed by atoms with Crippen LogP contribution in [0.3, 0.4) is 0 Å². The molecule has 0 saturated carbocycles. The van der Waals surface area contributed by atoms with Gasteiger partial charge in [-0.3, -0.25) is 5.01 Å². The summed E-state index contributed by atoms with van der Waals surface area (Å²) in [5, 5.41) is 4.21. The number of nitrogens with one attached hydrogen (secondary N) is 1. The predicted octanol–water partition coefficient (Wildman–Crippen LogP) is 2.00. The molecule has 4 heteroatoms. The van der Waals surface area contributed by atoms with Crippen LogP contribution in [0.15, 0.2) is 47.5 Å². The van der Waals surface area contributed by atoms with E-state index in [-0.39, 0.29) is 0 Å². The number of fused-ring (bicyclic) bond motifs is 1. The van der Waals surface area contributed by atoms with Gasteiger partial charge < -0.3 is 5.73 Å². The molecule has 0 spiro atoms. The Morgan fingerprint density at radius 2 is 2.00 bits per heavy atom. The molecule has 3 rings (SSSR count). The molecule has 92 valence electrons. The summed E-state index contributed by atoms with van der Waals surface area (Å²) >= 11 is 0. The number of nitrogens with two attached hydrogens (primary N) is 1. The quantitative estimate of drug-likeness (QED) is 0.592. The lowest BCUT2D eigenvalue weighted by molar-refractivity contribution is 0.399. The average Bonchev–Trinajstić information content (AvgIpc) is 2.93. The molecule has 0 atom stereocenters. The maximum absolute atomic E-state index is 6.02. The summed E-state index contributed by atoms with van der Waals surface area (Å²) in [4.78, 5) is 4.53. The van der Waals surface area contributed by atoms with Gasteiger partial charge in [-0.1, -0.05) is 36.4 Å². The molecular weight excluding hydrogens is 224 g/mol. The van der Waals surface area contributed by atoms with Crippen LogP contribution in [0.2, 0.25) is 0 Å². The minimum atomic E-state index is 0.531. The monoisotopic (exact) mass is 240 g/mol. The number of rotatable bonds is 1. The summed E-state index contributed by atoms with van der Waals surface area (Å²) in [5.41, 5.74) is 10.1. The van der Waals surface area contributed by atoms with Crippen molar-refractivity contribution in [1.82, 2.24) is 10.4 Å². The Balaban J connectivity index is 2.01. The maximum atomic E-state index is 6.02. The van der Waals surface area contributed by atoms with Gasteiger partial charge in [-0.2, -0.15) is 0 Å². The highest BCUT2D eigenvalue weighted by Crippen LogP contribution is 2.25. The zero-order chi connectivity index (χ0) is 12.4. The molecule has 3 N–H and O–H groups in total. The first-order valence-electron chi connectivity index (χ1n) is 6.17. The molecule has 1 aliphatic rings. The van der Waals surface area contributed by atoms with Crippen molar-refractivity contribution in [3.63, 3.8) is 0 Å². The van der Waals surface area contributed by atoms with Gasteiger partial charge in [0.1, 0.15) is 0 Å². The van der Waals surface area contributed by atoms with Gasteiger partial charge in [-0.15, -0.1) is 0 Å². The van der Waals surface area contributed by atoms with Gasteiger partial charge in [-0.05, 0) is 17.9 Å². The van der Waals surface area contributed by atoms with Crippen molar-refractivity contribution < 1.29 is 0 Å². The molecule has 0 unspecified atom stereocenters. The minimum absolute atomic E-state index is 0.531. The molecule has 4 nitrogen and oxygen atoms in total. The maximum Gasteiger partial charge on any atom is 0.211 e. The van der Waals surface area contributed by atoms with E-state index in [2.05, 4.69) is 28.6 Å². The number of benzene rings is 2. The van der Waals surface area contributed by atoms with E-state index in [1.807, 2.05) is 29.3 Å². The largest absolute Gasteiger partial charge is 0.368 e. The van der Waals surface area contributed by atoms with Gasteiger partial charge >= 0.3 is 0 Å². The van der Waals surface area contributed by atoms with Crippen molar-refractivity contribution in [2.75, 3.05) is 13.1 Å². The van der Waals surface area contributed by atoms with Crippen molar-refractivity contribution in [3.05, 3.63) is 42.5 Å². The van der Waals surface area contributed by atoms with Crippen LogP contribution in [-0.4, -0.2) is 24.1 Å². The highest BCUT2D eigenvalue weighted by Gasteiger charge is 2.13. The van der Waals surface area contributed by atoms with Gasteiger partial charge in [0.05, 0.1) is 5.69 Å². The van der Waals surface area contributed by atoms with E-state index in [1.54, 1.807) is 0 Å². The Kier molecular flexibility index (Phi) is 2.86. The van der Waals surface area contributed by atoms with E-state index in [0.717, 1.165) is 30.6 Å². The van der Waals surface area contributed by atoms with Crippen molar-refractivity contribution in [2.45, 2.75) is 6.42 Å². The summed E-state index contributed by atoms with van der Waals surface area (Å²) in [6.45, 7) is 1.88. The number of hydrazine groups is 1. The fourth-order valence-electron chi connectivity index (χ4n) is 2.22. The van der Waals surface area contributed by atoms with Crippen LogP contribution in [-0.2, 0) is 0 Å². The highest BCUT2D eigenvalue weighted by atomic mass is 15.6. The molecule has 0 aliphatic carbocycles. The van der Waals surface area contributed by atoms with E-state index in [1.165, 1.54) is 5.39 Å². The smallest absolute Gasteiger partial charge is 0.211 e. The second-order valence-corrected chi connectivity index (χ2v) is 4.38. The number of hydrogen-bond acceptors (Lipinski definition) is 2. The first-order chi connectivity index (χ1) is 8.84. The van der Waals surface area contributed by atoms with Gasteiger partial charge in [0, 0.05) is 18.5 Å². The predicted molar refractivity (Wildman–Crippen MR) is 74.6 cm³/mol. The van der Waals surface area contributed by atoms with Crippen molar-refractivity contribution in [2.24, 2.45) is 10.7 Å². The lowest BCUT2D eigenvalue weighted by Gasteiger charge is -2.16. The molecule has 1 heterocycles. The summed E-state index contributed by atoms with van der Waals surface area (Å²) in [5.74, 6) is 0.531. The van der Waals surface area contributed by atoms with E-state index >= 15 is 0 Å². The van der Waals surface area contributed by atoms with Crippen LogP contribution in [0.5, 0.6) is 0 Å². The lowest BCUT2D eigenvalue weighted by Crippen LogP contribution is -2.41. The van der Waals surface area contributed by atoms with E-state index < -0.39 is 0 Å². The molecule has 1 saturated heterocycles. The Hall–Kier alpha value is -2.07. The molecule has 0 radical (unpaired) electrons. The van der Waals surface area contributed by atoms with Gasteiger partial charge in [0.25, 0.3) is 0 Å². The molecule has 0 bridgehead atoms. The molecule has 18 heavy (non-hydrogen) atoms. The van der Waals surface area contributed by atoms with Crippen LogP contribution in [0.25, 0.3) is 10.8 Å². The highest BCUT2D eigenvalue weighted by molar-refractivity contribution is 5.95. The van der Waals surface area contributed by atoms with Crippen LogP contribution < -0.4 is 11.2 Å². The summed E-state index contributed by atoms with van der Waals surface area (Å²) in [7, 11) is 0. The Morgan fingerprint density at radius 3 is 2.83 bits per heavy atom. The van der Waals surface area contributed by atoms with E-state index in [9.17, 15) is 0 Å². The Labute approximate surface area is 106 Å². The molecular formula is C14H16N4. The zero-order valence-corrected chi connectivity index (χ0v) is 10.1. The van der Waals surface area contributed by atoms with Gasteiger partial charge in [-0.25, -0.2) is 10.4 Å². The first kappa shape index (κ1) is 11.0. The van der Waals surface area contributed by atoms with Crippen molar-refractivity contribution >= 4 is 22.4 Å². The summed E-state index contributed by atoms with van der Waals surface area (Å²) in [6, 6.07) is 14.3. The Bertz CT molecular complexity index is 580. The lowest BCUT2D eigenvalue weighted by atomic mass is 10.1. The van der Waals surface area contributed by atoms with Crippen LogP contribution in [0.1, 0.15) is 6.42 Å². The third-order valence-corrected chi connectivity index (χ3v) is 3.14. The number of hydrogen-bond donors (Lipinski definition) is 2. The fraction of sp³-hybridized carbons (Fsp3) is 0.214. The molecule has 1 fully saturated rings. The zero-order valence-electron chi connectivity index (χ0n) is 10.1. The second kappa shape index (κ2) is 4.66. The van der Waals surface area contributed by atoms with E-state index in [4.69, 9.17) is 5.73 Å².